The van der Waals surface area contributed by atoms with Gasteiger partial charge in [0.05, 0.1) is 5.69 Å². The van der Waals surface area contributed by atoms with Crippen LogP contribution in [-0.2, 0) is 9.59 Å². The number of hydrogen-bond acceptors (Lipinski definition) is 8. The number of carbonyl (C=O) groups is 3. The van der Waals surface area contributed by atoms with E-state index in [1.54, 1.807) is 0 Å². The average Bonchev–Trinajstić information content (AvgIpc) is 3.44. The van der Waals surface area contributed by atoms with Gasteiger partial charge in [-0.15, -0.1) is 11.3 Å². The molecule has 0 saturated carbocycles. The van der Waals surface area contributed by atoms with Crippen LogP contribution in [-0.4, -0.2) is 59.1 Å². The number of nitrogens with zero attached hydrogens (tertiary/aromatic N) is 1. The van der Waals surface area contributed by atoms with Gasteiger partial charge in [-0.25, -0.2) is 14.6 Å². The molecule has 2 aromatic rings. The maximum absolute atomic E-state index is 11.8. The monoisotopic (exact) mass is 478 g/mol. The van der Waals surface area contributed by atoms with E-state index >= 15 is 0 Å². The minimum absolute atomic E-state index is 0.170. The first-order valence-electron chi connectivity index (χ1n) is 10.5. The Bertz CT molecular complexity index is 981. The number of ether oxygens (including phenoxy) is 2. The molecule has 1 aromatic carbocycles. The molecule has 1 atom stereocenters. The van der Waals surface area contributed by atoms with Gasteiger partial charge in [0, 0.05) is 30.5 Å². The van der Waals surface area contributed by atoms with Gasteiger partial charge in [0.2, 0.25) is 6.79 Å². The minimum Gasteiger partial charge on any atom is -0.481 e. The second kappa shape index (κ2) is 11.9. The number of urea groups is 1. The quantitative estimate of drug-likeness (QED) is 0.273. The van der Waals surface area contributed by atoms with Crippen molar-refractivity contribution < 1.29 is 34.1 Å². The van der Waals surface area contributed by atoms with Gasteiger partial charge in [0.25, 0.3) is 0 Å². The standard InChI is InChI=1S/C21H26N4O7S/c26-18(27)7-5-14(19(28)29)24-20(30)22-8-2-1-3-9-23-21-25-15(11-33-21)13-4-6-16-17(10-13)32-12-31-16/h4,6,10-11,14H,1-3,5,7-9,12H2,(H,23,25)(H,26,27)(H,28,29)(H2,22,24,30)/t14-/m0/s1. The van der Waals surface area contributed by atoms with Gasteiger partial charge in [0.1, 0.15) is 6.04 Å². The Morgan fingerprint density at radius 1 is 1.09 bits per heavy atom. The molecule has 1 aliphatic rings. The Hall–Kier alpha value is -3.54. The molecular formula is C21H26N4O7S. The summed E-state index contributed by atoms with van der Waals surface area (Å²) in [4.78, 5) is 38.0. The molecule has 0 aliphatic carbocycles. The highest BCUT2D eigenvalue weighted by molar-refractivity contribution is 7.14. The summed E-state index contributed by atoms with van der Waals surface area (Å²) >= 11 is 1.52. The van der Waals surface area contributed by atoms with E-state index in [1.165, 1.54) is 11.3 Å². The molecule has 0 radical (unpaired) electrons. The van der Waals surface area contributed by atoms with Crippen LogP contribution in [0.2, 0.25) is 0 Å². The number of benzene rings is 1. The maximum atomic E-state index is 11.8. The summed E-state index contributed by atoms with van der Waals surface area (Å²) in [5, 5.41) is 28.6. The third kappa shape index (κ3) is 7.52. The zero-order chi connectivity index (χ0) is 23.6. The van der Waals surface area contributed by atoms with Crippen LogP contribution in [0.15, 0.2) is 23.6 Å². The van der Waals surface area contributed by atoms with E-state index in [-0.39, 0.29) is 19.6 Å². The fourth-order valence-corrected chi connectivity index (χ4v) is 3.85. The van der Waals surface area contributed by atoms with Gasteiger partial charge in [-0.05, 0) is 43.9 Å². The number of carboxylic acids is 2. The molecule has 0 unspecified atom stereocenters. The van der Waals surface area contributed by atoms with Crippen LogP contribution in [0, 0.1) is 0 Å². The van der Waals surface area contributed by atoms with Crippen molar-refractivity contribution in [1.82, 2.24) is 15.6 Å². The van der Waals surface area contributed by atoms with Crippen LogP contribution in [0.4, 0.5) is 9.93 Å². The molecule has 11 nitrogen and oxygen atoms in total. The second-order valence-electron chi connectivity index (χ2n) is 7.32. The van der Waals surface area contributed by atoms with Crippen molar-refractivity contribution >= 4 is 34.4 Å². The molecule has 5 N–H and O–H groups in total. The summed E-state index contributed by atoms with van der Waals surface area (Å²) < 4.78 is 10.7. The number of fused-ring (bicyclic) bond motifs is 1. The van der Waals surface area contributed by atoms with Crippen LogP contribution in [0.1, 0.15) is 32.1 Å². The van der Waals surface area contributed by atoms with Gasteiger partial charge in [-0.2, -0.15) is 0 Å². The smallest absolute Gasteiger partial charge is 0.326 e. The zero-order valence-electron chi connectivity index (χ0n) is 17.8. The van der Waals surface area contributed by atoms with Gasteiger partial charge < -0.3 is 35.6 Å². The Morgan fingerprint density at radius 3 is 2.67 bits per heavy atom. The summed E-state index contributed by atoms with van der Waals surface area (Å²) in [6.07, 6.45) is 1.95. The van der Waals surface area contributed by atoms with E-state index < -0.39 is 24.0 Å². The van der Waals surface area contributed by atoms with Gasteiger partial charge in [0.15, 0.2) is 16.6 Å². The van der Waals surface area contributed by atoms with Gasteiger partial charge >= 0.3 is 18.0 Å². The van der Waals surface area contributed by atoms with Crippen LogP contribution in [0.25, 0.3) is 11.3 Å². The molecule has 3 rings (SSSR count). The number of aromatic nitrogens is 1. The molecule has 0 spiro atoms. The number of unbranched alkanes of at least 4 members (excludes halogenated alkanes) is 2. The van der Waals surface area contributed by atoms with Crippen LogP contribution in [0.5, 0.6) is 11.5 Å². The third-order valence-electron chi connectivity index (χ3n) is 4.84. The van der Waals surface area contributed by atoms with Crippen LogP contribution >= 0.6 is 11.3 Å². The normalized spacial score (nSPS) is 12.7. The fourth-order valence-electron chi connectivity index (χ4n) is 3.10. The number of carbonyl (C=O) groups excluding carboxylic acids is 1. The third-order valence-corrected chi connectivity index (χ3v) is 5.64. The largest absolute Gasteiger partial charge is 0.481 e. The van der Waals surface area contributed by atoms with E-state index in [4.69, 9.17) is 19.7 Å². The number of aliphatic carboxylic acids is 2. The highest BCUT2D eigenvalue weighted by Gasteiger charge is 2.20. The number of rotatable bonds is 13. The summed E-state index contributed by atoms with van der Waals surface area (Å²) in [5.74, 6) is -0.921. The fraction of sp³-hybridized carbons (Fsp3) is 0.429. The summed E-state index contributed by atoms with van der Waals surface area (Å²) in [6, 6.07) is 3.88. The lowest BCUT2D eigenvalue weighted by atomic mass is 10.1. The summed E-state index contributed by atoms with van der Waals surface area (Å²) in [6.45, 7) is 1.36. The second-order valence-corrected chi connectivity index (χ2v) is 8.17. The molecule has 0 bridgehead atoms. The van der Waals surface area contributed by atoms with Crippen molar-refractivity contribution in [3.63, 3.8) is 0 Å². The van der Waals surface area contributed by atoms with E-state index in [2.05, 4.69) is 20.9 Å². The highest BCUT2D eigenvalue weighted by atomic mass is 32.1. The Kier molecular flexibility index (Phi) is 8.70. The van der Waals surface area contributed by atoms with E-state index in [0.717, 1.165) is 53.7 Å². The van der Waals surface area contributed by atoms with E-state index in [1.807, 2.05) is 23.6 Å². The predicted octanol–water partition coefficient (Wildman–Crippen LogP) is 2.74. The van der Waals surface area contributed by atoms with E-state index in [9.17, 15) is 14.4 Å². The van der Waals surface area contributed by atoms with Gasteiger partial charge in [-0.3, -0.25) is 4.79 Å². The topological polar surface area (TPSA) is 159 Å². The molecule has 2 heterocycles. The lowest BCUT2D eigenvalue weighted by Crippen LogP contribution is -2.46. The average molecular weight is 479 g/mol. The van der Waals surface area contributed by atoms with Gasteiger partial charge in [-0.1, -0.05) is 0 Å². The van der Waals surface area contributed by atoms with Crippen molar-refractivity contribution in [2.24, 2.45) is 0 Å². The zero-order valence-corrected chi connectivity index (χ0v) is 18.7. The SMILES string of the molecule is O=C(O)CC[C@H](NC(=O)NCCCCCNc1nc(-c2ccc3c(c2)OCO3)cs1)C(=O)O. The first-order chi connectivity index (χ1) is 15.9. The first kappa shape index (κ1) is 24.1. The Morgan fingerprint density at radius 2 is 1.88 bits per heavy atom. The number of hydrogen-bond donors (Lipinski definition) is 5. The molecule has 33 heavy (non-hydrogen) atoms. The summed E-state index contributed by atoms with van der Waals surface area (Å²) in [7, 11) is 0. The molecule has 1 aromatic heterocycles. The number of amides is 2. The highest BCUT2D eigenvalue weighted by Crippen LogP contribution is 2.36. The Balaban J connectivity index is 1.29. The molecule has 12 heteroatoms. The minimum atomic E-state index is -1.26. The van der Waals surface area contributed by atoms with Crippen molar-refractivity contribution in [3.05, 3.63) is 23.6 Å². The van der Waals surface area contributed by atoms with Crippen molar-refractivity contribution in [1.29, 1.82) is 0 Å². The molecule has 1 aliphatic heterocycles. The van der Waals surface area contributed by atoms with Crippen LogP contribution < -0.4 is 25.4 Å². The molecule has 2 amide bonds. The molecule has 0 saturated heterocycles. The van der Waals surface area contributed by atoms with Crippen molar-refractivity contribution in [2.45, 2.75) is 38.1 Å². The van der Waals surface area contributed by atoms with Crippen molar-refractivity contribution in [2.75, 3.05) is 25.2 Å². The van der Waals surface area contributed by atoms with Crippen molar-refractivity contribution in [3.8, 4) is 22.8 Å². The van der Waals surface area contributed by atoms with E-state index in [0.29, 0.717) is 6.54 Å². The predicted molar refractivity (Wildman–Crippen MR) is 121 cm³/mol. The first-order valence-corrected chi connectivity index (χ1v) is 11.4. The number of thiazole rings is 1. The Labute approximate surface area is 194 Å². The molecular weight excluding hydrogens is 452 g/mol. The number of carboxylic acid groups (broad SMARTS) is 2. The molecule has 178 valence electrons. The molecule has 0 fully saturated rings. The van der Waals surface area contributed by atoms with Crippen LogP contribution in [0.3, 0.4) is 0 Å². The number of nitrogens with one attached hydrogen (secondary N) is 3. The maximum Gasteiger partial charge on any atom is 0.326 e. The lowest BCUT2D eigenvalue weighted by molar-refractivity contribution is -0.140. The summed E-state index contributed by atoms with van der Waals surface area (Å²) in [5.41, 5.74) is 1.82. The lowest BCUT2D eigenvalue weighted by Gasteiger charge is -2.14. The number of anilines is 1.